The van der Waals surface area contributed by atoms with Gasteiger partial charge in [-0.05, 0) is 43.7 Å². The van der Waals surface area contributed by atoms with E-state index in [1.54, 1.807) is 0 Å². The maximum atomic E-state index is 3.12. The fraction of sp³-hybridized carbons (Fsp3) is 0.467. The summed E-state index contributed by atoms with van der Waals surface area (Å²) in [4.78, 5) is 0. The molecule has 0 spiro atoms. The summed E-state index contributed by atoms with van der Waals surface area (Å²) in [7, 11) is 0. The van der Waals surface area contributed by atoms with Crippen LogP contribution in [0.5, 0.6) is 0 Å². The fourth-order valence-electron chi connectivity index (χ4n) is 1.58. The Labute approximate surface area is 94.0 Å². The molecule has 0 saturated heterocycles. The lowest BCUT2D eigenvalue weighted by Gasteiger charge is -1.98. The Morgan fingerprint density at radius 3 is 2.80 bits per heavy atom. The summed E-state index contributed by atoms with van der Waals surface area (Å²) >= 11 is 0. The van der Waals surface area contributed by atoms with Crippen molar-refractivity contribution in [1.29, 1.82) is 0 Å². The summed E-state index contributed by atoms with van der Waals surface area (Å²) in [6, 6.07) is 11.4. The number of aryl methyl sites for hydroxylation is 1. The molecule has 0 fully saturated rings. The normalized spacial score (nSPS) is 11.0. The lowest BCUT2D eigenvalue weighted by Crippen LogP contribution is -1.84. The summed E-state index contributed by atoms with van der Waals surface area (Å²) < 4.78 is 0. The van der Waals surface area contributed by atoms with Crippen molar-refractivity contribution in [3.8, 4) is 0 Å². The van der Waals surface area contributed by atoms with E-state index in [0.29, 0.717) is 0 Å². The second-order valence-electron chi connectivity index (χ2n) is 3.92. The number of allylic oxidation sites excluding steroid dienone is 2. The third kappa shape index (κ3) is 6.11. The third-order valence-corrected chi connectivity index (χ3v) is 2.48. The minimum atomic E-state index is 1.19. The van der Waals surface area contributed by atoms with Crippen LogP contribution in [0, 0.1) is 6.07 Å². The first-order valence-electron chi connectivity index (χ1n) is 6.03. The molecule has 0 aliphatic carbocycles. The van der Waals surface area contributed by atoms with Gasteiger partial charge >= 0.3 is 0 Å². The molecule has 81 valence electrons. The molecule has 0 heterocycles. The smallest absolute Gasteiger partial charge is 0.0181 e. The van der Waals surface area contributed by atoms with Gasteiger partial charge < -0.3 is 0 Å². The van der Waals surface area contributed by atoms with Crippen molar-refractivity contribution in [2.45, 2.75) is 45.4 Å². The van der Waals surface area contributed by atoms with Gasteiger partial charge in [0, 0.05) is 0 Å². The van der Waals surface area contributed by atoms with Crippen LogP contribution in [-0.2, 0) is 6.42 Å². The molecule has 1 rings (SSSR count). The van der Waals surface area contributed by atoms with E-state index in [1.807, 2.05) is 6.07 Å². The van der Waals surface area contributed by atoms with Gasteiger partial charge in [-0.15, -0.1) is 0 Å². The van der Waals surface area contributed by atoms with Gasteiger partial charge in [-0.2, -0.15) is 0 Å². The highest BCUT2D eigenvalue weighted by atomic mass is 14.0. The summed E-state index contributed by atoms with van der Waals surface area (Å²) in [6.07, 6.45) is 12.1. The number of unbranched alkanes of at least 4 members (excludes halogenated alkanes) is 3. The van der Waals surface area contributed by atoms with Crippen molar-refractivity contribution >= 4 is 0 Å². The second-order valence-corrected chi connectivity index (χ2v) is 3.92. The van der Waals surface area contributed by atoms with E-state index in [4.69, 9.17) is 0 Å². The Hall–Kier alpha value is -1.04. The zero-order valence-electron chi connectivity index (χ0n) is 9.71. The van der Waals surface area contributed by atoms with Crippen molar-refractivity contribution in [2.75, 3.05) is 0 Å². The van der Waals surface area contributed by atoms with E-state index in [0.717, 1.165) is 0 Å². The monoisotopic (exact) mass is 201 g/mol. The highest BCUT2D eigenvalue weighted by molar-refractivity contribution is 5.13. The summed E-state index contributed by atoms with van der Waals surface area (Å²) in [5, 5.41) is 0. The maximum Gasteiger partial charge on any atom is -0.0181 e. The molecule has 0 N–H and O–H groups in total. The molecule has 0 saturated carbocycles. The Morgan fingerprint density at radius 1 is 1.20 bits per heavy atom. The van der Waals surface area contributed by atoms with Crippen molar-refractivity contribution in [3.05, 3.63) is 48.0 Å². The van der Waals surface area contributed by atoms with E-state index in [9.17, 15) is 0 Å². The standard InChI is InChI=1S/C15H21/c1-2-3-4-5-6-7-9-12-15-13-10-8-11-14-15/h4-5,8,10,13-14H,2-3,6-7,9,12H2,1H3/b5-4+. The molecule has 15 heavy (non-hydrogen) atoms. The van der Waals surface area contributed by atoms with Gasteiger partial charge in [0.05, 0.1) is 0 Å². The predicted molar refractivity (Wildman–Crippen MR) is 66.9 cm³/mol. The van der Waals surface area contributed by atoms with Crippen LogP contribution in [0.15, 0.2) is 36.4 Å². The minimum Gasteiger partial charge on any atom is -0.0885 e. The first kappa shape index (κ1) is 12.0. The fourth-order valence-corrected chi connectivity index (χ4v) is 1.58. The molecule has 0 amide bonds. The van der Waals surface area contributed by atoms with Crippen molar-refractivity contribution in [3.63, 3.8) is 0 Å². The van der Waals surface area contributed by atoms with Crippen LogP contribution in [0.3, 0.4) is 0 Å². The van der Waals surface area contributed by atoms with Crippen LogP contribution in [-0.4, -0.2) is 0 Å². The quantitative estimate of drug-likeness (QED) is 0.448. The van der Waals surface area contributed by atoms with Crippen LogP contribution in [0.4, 0.5) is 0 Å². The molecule has 1 radical (unpaired) electrons. The average Bonchev–Trinajstić information content (AvgIpc) is 2.29. The Balaban J connectivity index is 2.02. The van der Waals surface area contributed by atoms with Crippen LogP contribution in [0.25, 0.3) is 0 Å². The molecular weight excluding hydrogens is 180 g/mol. The van der Waals surface area contributed by atoms with Crippen LogP contribution < -0.4 is 0 Å². The summed E-state index contributed by atoms with van der Waals surface area (Å²) in [5.41, 5.74) is 1.41. The maximum absolute atomic E-state index is 3.12. The minimum absolute atomic E-state index is 1.19. The average molecular weight is 201 g/mol. The number of rotatable bonds is 7. The molecule has 0 nitrogen and oxygen atoms in total. The molecule has 0 atom stereocenters. The van der Waals surface area contributed by atoms with Gasteiger partial charge in [-0.3, -0.25) is 0 Å². The van der Waals surface area contributed by atoms with Gasteiger partial charge in [-0.1, -0.05) is 49.8 Å². The molecule has 0 heteroatoms. The SMILES string of the molecule is CCC/C=C/CCCCc1c[c]ccc1. The summed E-state index contributed by atoms with van der Waals surface area (Å²) in [5.74, 6) is 0. The Kier molecular flexibility index (Phi) is 6.64. The zero-order valence-corrected chi connectivity index (χ0v) is 9.71. The van der Waals surface area contributed by atoms with E-state index in [2.05, 4.69) is 43.3 Å². The van der Waals surface area contributed by atoms with Crippen molar-refractivity contribution in [1.82, 2.24) is 0 Å². The number of hydrogen-bond acceptors (Lipinski definition) is 0. The number of hydrogen-bond donors (Lipinski definition) is 0. The Morgan fingerprint density at radius 2 is 2.07 bits per heavy atom. The van der Waals surface area contributed by atoms with Crippen LogP contribution in [0.2, 0.25) is 0 Å². The lowest BCUT2D eigenvalue weighted by atomic mass is 10.1. The van der Waals surface area contributed by atoms with E-state index < -0.39 is 0 Å². The van der Waals surface area contributed by atoms with Gasteiger partial charge in [0.25, 0.3) is 0 Å². The van der Waals surface area contributed by atoms with Crippen molar-refractivity contribution in [2.24, 2.45) is 0 Å². The number of benzene rings is 1. The topological polar surface area (TPSA) is 0 Å². The van der Waals surface area contributed by atoms with Crippen molar-refractivity contribution < 1.29 is 0 Å². The first-order chi connectivity index (χ1) is 7.43. The van der Waals surface area contributed by atoms with Gasteiger partial charge in [-0.25, -0.2) is 0 Å². The highest BCUT2D eigenvalue weighted by Crippen LogP contribution is 2.06. The second kappa shape index (κ2) is 8.28. The molecule has 0 aromatic heterocycles. The van der Waals surface area contributed by atoms with Gasteiger partial charge in [0.1, 0.15) is 0 Å². The van der Waals surface area contributed by atoms with Gasteiger partial charge in [0.2, 0.25) is 0 Å². The molecule has 1 aromatic carbocycles. The van der Waals surface area contributed by atoms with Crippen LogP contribution >= 0.6 is 0 Å². The first-order valence-corrected chi connectivity index (χ1v) is 6.03. The van der Waals surface area contributed by atoms with Crippen LogP contribution in [0.1, 0.15) is 44.6 Å². The molecule has 0 aliphatic heterocycles. The summed E-state index contributed by atoms with van der Waals surface area (Å²) in [6.45, 7) is 2.22. The highest BCUT2D eigenvalue weighted by Gasteiger charge is 1.90. The molecule has 0 aliphatic rings. The molecule has 1 aromatic rings. The molecular formula is C15H21. The molecule has 0 unspecified atom stereocenters. The van der Waals surface area contributed by atoms with E-state index in [1.165, 1.54) is 44.1 Å². The Bertz CT molecular complexity index is 259. The zero-order chi connectivity index (χ0) is 10.8. The van der Waals surface area contributed by atoms with Gasteiger partial charge in [0.15, 0.2) is 0 Å². The van der Waals surface area contributed by atoms with E-state index >= 15 is 0 Å². The molecule has 0 bridgehead atoms. The predicted octanol–water partition coefficient (Wildman–Crippen LogP) is 4.56. The lowest BCUT2D eigenvalue weighted by molar-refractivity contribution is 0.745. The largest absolute Gasteiger partial charge is 0.0885 e. The third-order valence-electron chi connectivity index (χ3n) is 2.48. The van der Waals surface area contributed by atoms with E-state index in [-0.39, 0.29) is 0 Å².